The van der Waals surface area contributed by atoms with Crippen molar-refractivity contribution < 1.29 is 14.7 Å². The highest BCUT2D eigenvalue weighted by molar-refractivity contribution is 5.74. The van der Waals surface area contributed by atoms with Gasteiger partial charge in [-0.2, -0.15) is 0 Å². The summed E-state index contributed by atoms with van der Waals surface area (Å²) < 4.78 is 0. The second kappa shape index (κ2) is 7.64. The van der Waals surface area contributed by atoms with Crippen molar-refractivity contribution in [3.63, 3.8) is 0 Å². The third-order valence-electron chi connectivity index (χ3n) is 4.54. The number of nitrogens with zero attached hydrogens (tertiary/aromatic N) is 2. The summed E-state index contributed by atoms with van der Waals surface area (Å²) in [4.78, 5) is 27.2. The van der Waals surface area contributed by atoms with E-state index in [1.165, 1.54) is 19.4 Å². The molecule has 0 spiro atoms. The van der Waals surface area contributed by atoms with Crippen molar-refractivity contribution in [1.82, 2.24) is 15.1 Å². The van der Waals surface area contributed by atoms with Crippen LogP contribution in [0.5, 0.6) is 0 Å². The average Bonchev–Trinajstić information content (AvgIpc) is 2.79. The number of amides is 2. The molecule has 2 rings (SSSR count). The quantitative estimate of drug-likeness (QED) is 0.804. The first-order chi connectivity index (χ1) is 10.1. The molecule has 2 N–H and O–H groups in total. The van der Waals surface area contributed by atoms with E-state index in [0.717, 1.165) is 26.1 Å². The van der Waals surface area contributed by atoms with Gasteiger partial charge in [0.15, 0.2) is 0 Å². The van der Waals surface area contributed by atoms with Gasteiger partial charge in [-0.1, -0.05) is 6.92 Å². The van der Waals surface area contributed by atoms with Crippen LogP contribution in [0.25, 0.3) is 0 Å². The van der Waals surface area contributed by atoms with E-state index in [1.54, 1.807) is 0 Å². The molecule has 0 radical (unpaired) electrons. The predicted octanol–water partition coefficient (Wildman–Crippen LogP) is 1.37. The predicted molar refractivity (Wildman–Crippen MR) is 80.2 cm³/mol. The summed E-state index contributed by atoms with van der Waals surface area (Å²) in [6.07, 6.45) is 4.24. The molecule has 0 bridgehead atoms. The largest absolute Gasteiger partial charge is 0.481 e. The highest BCUT2D eigenvalue weighted by atomic mass is 16.4. The Morgan fingerprint density at radius 1 is 1.29 bits per heavy atom. The lowest BCUT2D eigenvalue weighted by atomic mass is 10.1. The molecule has 2 unspecified atom stereocenters. The Labute approximate surface area is 126 Å². The number of carbonyl (C=O) groups excluding carboxylic acids is 1. The number of carbonyl (C=O) groups is 2. The molecule has 2 heterocycles. The van der Waals surface area contributed by atoms with E-state index >= 15 is 0 Å². The number of hydrogen-bond acceptors (Lipinski definition) is 3. The summed E-state index contributed by atoms with van der Waals surface area (Å²) in [5, 5.41) is 11.6. The Bertz CT molecular complexity index is 375. The zero-order valence-corrected chi connectivity index (χ0v) is 12.9. The monoisotopic (exact) mass is 297 g/mol. The molecule has 0 saturated carbocycles. The molecule has 6 nitrogen and oxygen atoms in total. The van der Waals surface area contributed by atoms with E-state index in [9.17, 15) is 9.59 Å². The van der Waals surface area contributed by atoms with Crippen molar-refractivity contribution in [1.29, 1.82) is 0 Å². The number of carboxylic acids is 1. The summed E-state index contributed by atoms with van der Waals surface area (Å²) in [5.41, 5.74) is 0. The summed E-state index contributed by atoms with van der Waals surface area (Å²) >= 11 is 0. The minimum atomic E-state index is -0.776. The standard InChI is InChI=1S/C15H27N3O3/c1-12(5-6-14(19)20)10-16-15(21)18-9-3-8-17-7-2-4-13(17)11-18/h12-13H,2-11H2,1H3,(H,16,21)(H,19,20). The molecule has 6 heteroatoms. The van der Waals surface area contributed by atoms with Crippen molar-refractivity contribution in [2.45, 2.75) is 45.1 Å². The third kappa shape index (κ3) is 4.88. The van der Waals surface area contributed by atoms with E-state index in [0.29, 0.717) is 19.0 Å². The van der Waals surface area contributed by atoms with Crippen LogP contribution >= 0.6 is 0 Å². The topological polar surface area (TPSA) is 72.9 Å². The first-order valence-corrected chi connectivity index (χ1v) is 8.05. The Morgan fingerprint density at radius 3 is 2.81 bits per heavy atom. The van der Waals surface area contributed by atoms with Crippen LogP contribution in [-0.4, -0.2) is 65.7 Å². The molecule has 0 aromatic heterocycles. The van der Waals surface area contributed by atoms with Crippen molar-refractivity contribution in [2.24, 2.45) is 5.92 Å². The Balaban J connectivity index is 1.73. The maximum absolute atomic E-state index is 12.3. The fourth-order valence-electron chi connectivity index (χ4n) is 3.24. The van der Waals surface area contributed by atoms with Gasteiger partial charge < -0.3 is 15.3 Å². The van der Waals surface area contributed by atoms with Crippen LogP contribution in [0.2, 0.25) is 0 Å². The molecule has 2 fully saturated rings. The van der Waals surface area contributed by atoms with Crippen molar-refractivity contribution in [3.8, 4) is 0 Å². The fraction of sp³-hybridized carbons (Fsp3) is 0.867. The fourth-order valence-corrected chi connectivity index (χ4v) is 3.24. The molecule has 0 aromatic rings. The number of rotatable bonds is 5. The normalized spacial score (nSPS) is 24.2. The minimum Gasteiger partial charge on any atom is -0.481 e. The molecule has 2 saturated heterocycles. The first kappa shape index (κ1) is 16.1. The van der Waals surface area contributed by atoms with Crippen LogP contribution in [-0.2, 0) is 4.79 Å². The average molecular weight is 297 g/mol. The number of hydrogen-bond donors (Lipinski definition) is 2. The second-order valence-electron chi connectivity index (χ2n) is 6.36. The van der Waals surface area contributed by atoms with Crippen molar-refractivity contribution >= 4 is 12.0 Å². The van der Waals surface area contributed by atoms with Gasteiger partial charge in [0, 0.05) is 38.6 Å². The molecule has 2 aliphatic rings. The SMILES string of the molecule is CC(CCC(=O)O)CNC(=O)N1CCCN2CCCC2C1. The van der Waals surface area contributed by atoms with Gasteiger partial charge in [0.2, 0.25) is 0 Å². The summed E-state index contributed by atoms with van der Waals surface area (Å²) in [6.45, 7) is 6.45. The van der Waals surface area contributed by atoms with Crippen LogP contribution in [0.3, 0.4) is 0 Å². The molecular formula is C15H27N3O3. The number of nitrogens with one attached hydrogen (secondary N) is 1. The number of urea groups is 1. The van der Waals surface area contributed by atoms with Gasteiger partial charge in [0.25, 0.3) is 0 Å². The Hall–Kier alpha value is -1.30. The highest BCUT2D eigenvalue weighted by Gasteiger charge is 2.30. The summed E-state index contributed by atoms with van der Waals surface area (Å²) in [6, 6.07) is 0.536. The van der Waals surface area contributed by atoms with Gasteiger partial charge in [-0.25, -0.2) is 4.79 Å². The van der Waals surface area contributed by atoms with Crippen LogP contribution in [0.15, 0.2) is 0 Å². The summed E-state index contributed by atoms with van der Waals surface area (Å²) in [5.74, 6) is -0.581. The second-order valence-corrected chi connectivity index (χ2v) is 6.36. The number of carboxylic acid groups (broad SMARTS) is 1. The molecular weight excluding hydrogens is 270 g/mol. The molecule has 0 aliphatic carbocycles. The van der Waals surface area contributed by atoms with Gasteiger partial charge in [0.1, 0.15) is 0 Å². The third-order valence-corrected chi connectivity index (χ3v) is 4.54. The lowest BCUT2D eigenvalue weighted by Crippen LogP contribution is -2.45. The van der Waals surface area contributed by atoms with Crippen molar-refractivity contribution in [3.05, 3.63) is 0 Å². The van der Waals surface area contributed by atoms with E-state index in [4.69, 9.17) is 5.11 Å². The van der Waals surface area contributed by atoms with Gasteiger partial charge in [-0.3, -0.25) is 9.69 Å². The molecule has 0 aromatic carbocycles. The molecule has 2 amide bonds. The van der Waals surface area contributed by atoms with Crippen molar-refractivity contribution in [2.75, 3.05) is 32.7 Å². The van der Waals surface area contributed by atoms with Gasteiger partial charge in [-0.15, -0.1) is 0 Å². The Kier molecular flexibility index (Phi) is 5.85. The van der Waals surface area contributed by atoms with E-state index in [1.807, 2.05) is 11.8 Å². The molecule has 2 aliphatic heterocycles. The lowest BCUT2D eigenvalue weighted by Gasteiger charge is -2.26. The minimum absolute atomic E-state index is 0.00549. The van der Waals surface area contributed by atoms with E-state index in [2.05, 4.69) is 10.2 Å². The molecule has 120 valence electrons. The lowest BCUT2D eigenvalue weighted by molar-refractivity contribution is -0.137. The van der Waals surface area contributed by atoms with Gasteiger partial charge in [-0.05, 0) is 38.1 Å². The van der Waals surface area contributed by atoms with Gasteiger partial charge >= 0.3 is 12.0 Å². The molecule has 21 heavy (non-hydrogen) atoms. The van der Waals surface area contributed by atoms with E-state index in [-0.39, 0.29) is 18.4 Å². The zero-order valence-electron chi connectivity index (χ0n) is 12.9. The smallest absolute Gasteiger partial charge is 0.317 e. The van der Waals surface area contributed by atoms with Crippen LogP contribution in [0.1, 0.15) is 39.0 Å². The maximum Gasteiger partial charge on any atom is 0.317 e. The van der Waals surface area contributed by atoms with Crippen LogP contribution in [0, 0.1) is 5.92 Å². The maximum atomic E-state index is 12.3. The Morgan fingerprint density at radius 2 is 2.05 bits per heavy atom. The van der Waals surface area contributed by atoms with E-state index < -0.39 is 5.97 Å². The number of aliphatic carboxylic acids is 1. The summed E-state index contributed by atoms with van der Waals surface area (Å²) in [7, 11) is 0. The van der Waals surface area contributed by atoms with Crippen LogP contribution in [0.4, 0.5) is 4.79 Å². The zero-order chi connectivity index (χ0) is 15.2. The van der Waals surface area contributed by atoms with Crippen LogP contribution < -0.4 is 5.32 Å². The number of fused-ring (bicyclic) bond motifs is 1. The molecule has 2 atom stereocenters. The highest BCUT2D eigenvalue weighted by Crippen LogP contribution is 2.21. The first-order valence-electron chi connectivity index (χ1n) is 8.05. The van der Waals surface area contributed by atoms with Gasteiger partial charge in [0.05, 0.1) is 0 Å².